The van der Waals surface area contributed by atoms with E-state index in [-0.39, 0.29) is 12.3 Å². The highest BCUT2D eigenvalue weighted by molar-refractivity contribution is 5.92. The van der Waals surface area contributed by atoms with Gasteiger partial charge in [-0.05, 0) is 43.0 Å². The predicted octanol–water partition coefficient (Wildman–Crippen LogP) is 1.47. The van der Waals surface area contributed by atoms with E-state index in [1.807, 2.05) is 12.1 Å². The fourth-order valence-corrected chi connectivity index (χ4v) is 2.74. The van der Waals surface area contributed by atoms with Crippen molar-refractivity contribution in [1.29, 1.82) is 0 Å². The quantitative estimate of drug-likeness (QED) is 0.853. The molecule has 1 unspecified atom stereocenters. The van der Waals surface area contributed by atoms with Gasteiger partial charge in [-0.15, -0.1) is 0 Å². The third kappa shape index (κ3) is 4.06. The van der Waals surface area contributed by atoms with Crippen molar-refractivity contribution in [3.8, 4) is 0 Å². The molecule has 1 aromatic carbocycles. The van der Waals surface area contributed by atoms with E-state index >= 15 is 0 Å². The van der Waals surface area contributed by atoms with Crippen LogP contribution in [0.5, 0.6) is 0 Å². The first-order valence-electron chi connectivity index (χ1n) is 6.87. The van der Waals surface area contributed by atoms with E-state index in [4.69, 9.17) is 10.8 Å². The van der Waals surface area contributed by atoms with Crippen molar-refractivity contribution < 1.29 is 14.7 Å². The molecular formula is C15H20N2O3. The van der Waals surface area contributed by atoms with E-state index in [9.17, 15) is 9.59 Å². The summed E-state index contributed by atoms with van der Waals surface area (Å²) in [5.74, 6) is -0.898. The van der Waals surface area contributed by atoms with Crippen LogP contribution in [-0.4, -0.2) is 35.0 Å². The Morgan fingerprint density at radius 3 is 2.60 bits per heavy atom. The van der Waals surface area contributed by atoms with Crippen LogP contribution >= 0.6 is 0 Å². The summed E-state index contributed by atoms with van der Waals surface area (Å²) in [4.78, 5) is 24.0. The second-order valence-electron chi connectivity index (χ2n) is 5.40. The smallest absolute Gasteiger partial charge is 0.303 e. The second-order valence-corrected chi connectivity index (χ2v) is 5.40. The van der Waals surface area contributed by atoms with Gasteiger partial charge in [0.25, 0.3) is 0 Å². The molecule has 0 radical (unpaired) electrons. The number of piperidine rings is 1. The summed E-state index contributed by atoms with van der Waals surface area (Å²) in [6, 6.07) is 7.27. The maximum Gasteiger partial charge on any atom is 0.303 e. The molecule has 1 aliphatic rings. The van der Waals surface area contributed by atoms with E-state index in [0.29, 0.717) is 5.56 Å². The number of likely N-dealkylation sites (tertiary alicyclic amines) is 1. The number of carbonyl (C=O) groups excluding carboxylic acids is 1. The van der Waals surface area contributed by atoms with Gasteiger partial charge in [0.2, 0.25) is 5.91 Å². The van der Waals surface area contributed by atoms with Crippen molar-refractivity contribution in [2.24, 2.45) is 11.7 Å². The van der Waals surface area contributed by atoms with Crippen molar-refractivity contribution in [2.75, 3.05) is 13.1 Å². The van der Waals surface area contributed by atoms with Gasteiger partial charge in [0.1, 0.15) is 0 Å². The lowest BCUT2D eigenvalue weighted by Crippen LogP contribution is -2.35. The Kier molecular flexibility index (Phi) is 4.74. The van der Waals surface area contributed by atoms with Crippen LogP contribution in [0.25, 0.3) is 0 Å². The van der Waals surface area contributed by atoms with Gasteiger partial charge in [-0.3, -0.25) is 14.5 Å². The Morgan fingerprint density at radius 2 is 2.00 bits per heavy atom. The zero-order valence-corrected chi connectivity index (χ0v) is 11.4. The lowest BCUT2D eigenvalue weighted by atomic mass is 9.94. The highest BCUT2D eigenvalue weighted by Gasteiger charge is 2.21. The highest BCUT2D eigenvalue weighted by atomic mass is 16.4. The minimum absolute atomic E-state index is 0.242. The van der Waals surface area contributed by atoms with Crippen LogP contribution in [0.4, 0.5) is 0 Å². The number of carbonyl (C=O) groups is 2. The minimum Gasteiger partial charge on any atom is -0.481 e. The van der Waals surface area contributed by atoms with Crippen molar-refractivity contribution in [3.05, 3.63) is 35.4 Å². The molecule has 0 saturated carbocycles. The summed E-state index contributed by atoms with van der Waals surface area (Å²) in [6.07, 6.45) is 2.28. The molecular weight excluding hydrogens is 256 g/mol. The molecule has 1 aliphatic heterocycles. The van der Waals surface area contributed by atoms with Gasteiger partial charge in [-0.1, -0.05) is 12.1 Å². The number of carboxylic acid groups (broad SMARTS) is 1. The van der Waals surface area contributed by atoms with Crippen LogP contribution in [0.1, 0.15) is 35.2 Å². The number of nitrogens with zero attached hydrogens (tertiary/aromatic N) is 1. The molecule has 108 valence electrons. The molecule has 0 spiro atoms. The average molecular weight is 276 g/mol. The van der Waals surface area contributed by atoms with E-state index in [0.717, 1.165) is 38.0 Å². The molecule has 20 heavy (non-hydrogen) atoms. The predicted molar refractivity (Wildman–Crippen MR) is 75.2 cm³/mol. The fraction of sp³-hybridized carbons (Fsp3) is 0.467. The maximum atomic E-state index is 11.0. The summed E-state index contributed by atoms with van der Waals surface area (Å²) in [6.45, 7) is 2.60. The standard InChI is InChI=1S/C15H20N2O3/c16-15(20)13-5-3-11(4-6-13)9-17-7-1-2-12(10-17)8-14(18)19/h3-6,12H,1-2,7-10H2,(H2,16,20)(H,18,19). The van der Waals surface area contributed by atoms with Gasteiger partial charge in [0.15, 0.2) is 0 Å². The molecule has 0 aromatic heterocycles. The normalized spacial score (nSPS) is 19.7. The minimum atomic E-state index is -0.720. The van der Waals surface area contributed by atoms with Gasteiger partial charge in [0, 0.05) is 25.1 Å². The Hall–Kier alpha value is -1.88. The number of hydrogen-bond donors (Lipinski definition) is 2. The van der Waals surface area contributed by atoms with Gasteiger partial charge in [-0.25, -0.2) is 0 Å². The molecule has 0 bridgehead atoms. The van der Waals surface area contributed by atoms with Crippen molar-refractivity contribution in [2.45, 2.75) is 25.8 Å². The highest BCUT2D eigenvalue weighted by Crippen LogP contribution is 2.21. The Bertz CT molecular complexity index is 484. The lowest BCUT2D eigenvalue weighted by molar-refractivity contribution is -0.138. The summed E-state index contributed by atoms with van der Waals surface area (Å²) in [5.41, 5.74) is 6.83. The van der Waals surface area contributed by atoms with Gasteiger partial charge < -0.3 is 10.8 Å². The van der Waals surface area contributed by atoms with Gasteiger partial charge >= 0.3 is 5.97 Å². The van der Waals surface area contributed by atoms with Crippen LogP contribution in [0, 0.1) is 5.92 Å². The summed E-state index contributed by atoms with van der Waals surface area (Å²) < 4.78 is 0. The molecule has 0 aliphatic carbocycles. The van der Waals surface area contributed by atoms with Gasteiger partial charge in [-0.2, -0.15) is 0 Å². The molecule has 1 atom stereocenters. The van der Waals surface area contributed by atoms with E-state index in [1.165, 1.54) is 0 Å². The van der Waals surface area contributed by atoms with E-state index in [1.54, 1.807) is 12.1 Å². The number of aliphatic carboxylic acids is 1. The zero-order valence-electron chi connectivity index (χ0n) is 11.4. The Balaban J connectivity index is 1.92. The molecule has 2 rings (SSSR count). The number of carboxylic acids is 1. The van der Waals surface area contributed by atoms with E-state index < -0.39 is 11.9 Å². The van der Waals surface area contributed by atoms with Crippen molar-refractivity contribution in [3.63, 3.8) is 0 Å². The first-order chi connectivity index (χ1) is 9.54. The molecule has 1 fully saturated rings. The average Bonchev–Trinajstić information content (AvgIpc) is 2.39. The van der Waals surface area contributed by atoms with Crippen molar-refractivity contribution >= 4 is 11.9 Å². The third-order valence-electron chi connectivity index (χ3n) is 3.71. The summed E-state index contributed by atoms with van der Waals surface area (Å²) in [7, 11) is 0. The molecule has 5 heteroatoms. The Morgan fingerprint density at radius 1 is 1.30 bits per heavy atom. The SMILES string of the molecule is NC(=O)c1ccc(CN2CCCC(CC(=O)O)C2)cc1. The van der Waals surface area contributed by atoms with Crippen LogP contribution in [0.15, 0.2) is 24.3 Å². The first-order valence-corrected chi connectivity index (χ1v) is 6.87. The largest absolute Gasteiger partial charge is 0.481 e. The number of rotatable bonds is 5. The number of primary amides is 1. The lowest BCUT2D eigenvalue weighted by Gasteiger charge is -2.32. The summed E-state index contributed by atoms with van der Waals surface area (Å²) >= 11 is 0. The molecule has 1 saturated heterocycles. The topological polar surface area (TPSA) is 83.6 Å². The zero-order chi connectivity index (χ0) is 14.5. The second kappa shape index (κ2) is 6.52. The molecule has 3 N–H and O–H groups in total. The molecule has 1 aromatic rings. The number of hydrogen-bond acceptors (Lipinski definition) is 3. The van der Waals surface area contributed by atoms with E-state index in [2.05, 4.69) is 4.90 Å². The number of benzene rings is 1. The van der Waals surface area contributed by atoms with Crippen LogP contribution < -0.4 is 5.73 Å². The third-order valence-corrected chi connectivity index (χ3v) is 3.71. The van der Waals surface area contributed by atoms with Crippen LogP contribution in [-0.2, 0) is 11.3 Å². The Labute approximate surface area is 118 Å². The number of amides is 1. The van der Waals surface area contributed by atoms with Crippen molar-refractivity contribution in [1.82, 2.24) is 4.90 Å². The molecule has 1 heterocycles. The summed E-state index contributed by atoms with van der Waals surface area (Å²) in [5, 5.41) is 8.86. The van der Waals surface area contributed by atoms with Gasteiger partial charge in [0.05, 0.1) is 0 Å². The molecule has 1 amide bonds. The maximum absolute atomic E-state index is 11.0. The number of nitrogens with two attached hydrogens (primary N) is 1. The monoisotopic (exact) mass is 276 g/mol. The van der Waals surface area contributed by atoms with Crippen LogP contribution in [0.3, 0.4) is 0 Å². The first kappa shape index (κ1) is 14.5. The molecule has 5 nitrogen and oxygen atoms in total. The fourth-order valence-electron chi connectivity index (χ4n) is 2.74. The van der Waals surface area contributed by atoms with Crippen LogP contribution in [0.2, 0.25) is 0 Å².